The zero-order valence-corrected chi connectivity index (χ0v) is 22.0. The van der Waals surface area contributed by atoms with Gasteiger partial charge in [-0.25, -0.2) is 19.6 Å². The number of piperazine rings is 1. The van der Waals surface area contributed by atoms with Crippen LogP contribution in [0.1, 0.15) is 11.3 Å². The highest BCUT2D eigenvalue weighted by molar-refractivity contribution is 6.50. The van der Waals surface area contributed by atoms with E-state index in [4.69, 9.17) is 20.2 Å². The minimum Gasteiger partial charge on any atom is -0.478 e. The van der Waals surface area contributed by atoms with E-state index in [9.17, 15) is 19.2 Å². The molecule has 0 bridgehead atoms. The van der Waals surface area contributed by atoms with E-state index in [0.29, 0.717) is 40.5 Å². The zero-order valence-electron chi connectivity index (χ0n) is 22.0. The third-order valence-electron chi connectivity index (χ3n) is 6.77. The normalized spacial score (nSPS) is 15.9. The molecule has 12 heteroatoms. The van der Waals surface area contributed by atoms with Crippen molar-refractivity contribution in [3.05, 3.63) is 78.1 Å². The van der Waals surface area contributed by atoms with Crippen molar-refractivity contribution in [2.45, 2.75) is 0 Å². The van der Waals surface area contributed by atoms with E-state index >= 15 is 0 Å². The van der Waals surface area contributed by atoms with Gasteiger partial charge in [0.05, 0.1) is 22.4 Å². The van der Waals surface area contributed by atoms with Crippen LogP contribution < -0.4 is 10.2 Å². The second-order valence-corrected chi connectivity index (χ2v) is 9.47. The summed E-state index contributed by atoms with van der Waals surface area (Å²) in [5.41, 5.74) is 3.45. The van der Waals surface area contributed by atoms with Crippen LogP contribution in [-0.4, -0.2) is 87.0 Å². The first-order valence-corrected chi connectivity index (χ1v) is 12.7. The topological polar surface area (TPSA) is 169 Å². The largest absolute Gasteiger partial charge is 0.478 e. The molecule has 2 amide bonds. The Morgan fingerprint density at radius 1 is 0.829 bits per heavy atom. The monoisotopic (exact) mass is 554 g/mol. The fourth-order valence-corrected chi connectivity index (χ4v) is 4.76. The number of hydrogen-bond acceptors (Lipinski definition) is 8. The summed E-state index contributed by atoms with van der Waals surface area (Å²) in [5.74, 6) is -2.79. The van der Waals surface area contributed by atoms with Gasteiger partial charge in [-0.1, -0.05) is 36.4 Å². The van der Waals surface area contributed by atoms with Gasteiger partial charge < -0.3 is 25.0 Å². The van der Waals surface area contributed by atoms with Crippen molar-refractivity contribution in [3.8, 4) is 0 Å². The number of carbonyl (C=O) groups is 4. The summed E-state index contributed by atoms with van der Waals surface area (Å²) < 4.78 is 0. The number of benzene rings is 2. The molecule has 1 fully saturated rings. The molecule has 41 heavy (non-hydrogen) atoms. The Morgan fingerprint density at radius 2 is 1.44 bits per heavy atom. The number of carboxylic acid groups (broad SMARTS) is 2. The first-order valence-electron chi connectivity index (χ1n) is 12.7. The lowest BCUT2D eigenvalue weighted by molar-refractivity contribution is -0.134. The molecular weight excluding hydrogens is 528 g/mol. The number of H-pyrrole nitrogens is 1. The van der Waals surface area contributed by atoms with E-state index in [-0.39, 0.29) is 0 Å². The fraction of sp³-hybridized carbons (Fsp3) is 0.172. The SMILES string of the molecule is CN1CCN(c2nc(C3=C(c4c[nH]c5ccccc45)C(=O)NC3=O)c3ccccc3n2)CC1.O=C(O)/C=C\C(=O)O. The smallest absolute Gasteiger partial charge is 0.328 e. The molecule has 2 aromatic heterocycles. The Labute approximate surface area is 233 Å². The van der Waals surface area contributed by atoms with Crippen LogP contribution in [0.3, 0.4) is 0 Å². The zero-order chi connectivity index (χ0) is 29.1. The first-order chi connectivity index (χ1) is 19.7. The van der Waals surface area contributed by atoms with E-state index in [2.05, 4.69) is 27.1 Å². The van der Waals surface area contributed by atoms with E-state index in [1.807, 2.05) is 48.5 Å². The second kappa shape index (κ2) is 11.4. The predicted molar refractivity (Wildman–Crippen MR) is 152 cm³/mol. The van der Waals surface area contributed by atoms with Gasteiger partial charge in [0.25, 0.3) is 11.8 Å². The van der Waals surface area contributed by atoms with Gasteiger partial charge in [0.1, 0.15) is 0 Å². The lowest BCUT2D eigenvalue weighted by Gasteiger charge is -2.32. The van der Waals surface area contributed by atoms with Gasteiger partial charge in [0, 0.05) is 66.4 Å². The number of imide groups is 1. The summed E-state index contributed by atoms with van der Waals surface area (Å²) in [4.78, 5) is 62.5. The van der Waals surface area contributed by atoms with Crippen molar-refractivity contribution >= 4 is 62.7 Å². The van der Waals surface area contributed by atoms with E-state index in [0.717, 1.165) is 48.0 Å². The Morgan fingerprint density at radius 3 is 2.12 bits per heavy atom. The number of para-hydroxylation sites is 2. The molecule has 0 saturated carbocycles. The first kappa shape index (κ1) is 27.2. The summed E-state index contributed by atoms with van der Waals surface area (Å²) >= 11 is 0. The van der Waals surface area contributed by atoms with Gasteiger partial charge in [-0.2, -0.15) is 0 Å². The van der Waals surface area contributed by atoms with Gasteiger partial charge in [0.15, 0.2) is 0 Å². The predicted octanol–water partition coefficient (Wildman–Crippen LogP) is 2.14. The summed E-state index contributed by atoms with van der Waals surface area (Å²) in [5, 5.41) is 19.7. The number of amides is 2. The molecule has 2 aromatic carbocycles. The van der Waals surface area contributed by atoms with Crippen LogP contribution in [0, 0.1) is 0 Å². The number of nitrogens with one attached hydrogen (secondary N) is 2. The highest BCUT2D eigenvalue weighted by atomic mass is 16.4. The minimum atomic E-state index is -1.26. The van der Waals surface area contributed by atoms with Crippen molar-refractivity contribution in [2.75, 3.05) is 38.1 Å². The third-order valence-corrected chi connectivity index (χ3v) is 6.77. The lowest BCUT2D eigenvalue weighted by Crippen LogP contribution is -2.45. The van der Waals surface area contributed by atoms with Crippen molar-refractivity contribution in [1.29, 1.82) is 0 Å². The third kappa shape index (κ3) is 5.68. The molecular formula is C29H26N6O6. The van der Waals surface area contributed by atoms with Crippen LogP contribution >= 0.6 is 0 Å². The number of fused-ring (bicyclic) bond motifs is 2. The Hall–Kier alpha value is -5.36. The number of rotatable bonds is 5. The van der Waals surface area contributed by atoms with Crippen molar-refractivity contribution in [3.63, 3.8) is 0 Å². The quantitative estimate of drug-likeness (QED) is 0.212. The molecule has 0 radical (unpaired) electrons. The maximum Gasteiger partial charge on any atom is 0.328 e. The van der Waals surface area contributed by atoms with Crippen LogP contribution in [-0.2, 0) is 19.2 Å². The molecule has 2 aliphatic heterocycles. The molecule has 0 aliphatic carbocycles. The van der Waals surface area contributed by atoms with Gasteiger partial charge in [0.2, 0.25) is 5.95 Å². The molecule has 6 rings (SSSR count). The lowest BCUT2D eigenvalue weighted by atomic mass is 9.97. The van der Waals surface area contributed by atoms with Crippen molar-refractivity contribution in [1.82, 2.24) is 25.2 Å². The highest BCUT2D eigenvalue weighted by Crippen LogP contribution is 2.37. The van der Waals surface area contributed by atoms with Gasteiger partial charge >= 0.3 is 11.9 Å². The van der Waals surface area contributed by atoms with Crippen molar-refractivity contribution < 1.29 is 29.4 Å². The molecule has 208 valence electrons. The van der Waals surface area contributed by atoms with Crippen LogP contribution in [0.4, 0.5) is 5.95 Å². The average molecular weight is 555 g/mol. The van der Waals surface area contributed by atoms with E-state index in [1.54, 1.807) is 6.20 Å². The molecule has 0 unspecified atom stereocenters. The van der Waals surface area contributed by atoms with Gasteiger partial charge in [-0.05, 0) is 19.2 Å². The molecule has 4 aromatic rings. The molecule has 2 aliphatic rings. The standard InChI is InChI=1S/C25H22N6O2.C4H4O4/c1-30-10-12-31(13-11-30)25-27-19-9-5-3-7-16(19)22(28-25)21-20(23(32)29-24(21)33)17-14-26-18-8-4-2-6-15(17)18;5-3(6)1-2-4(7)8/h2-9,14,26H,10-13H2,1H3,(H,29,32,33);1-2H,(H,5,6)(H,7,8)/b;2-1-. The Balaban J connectivity index is 0.000000372. The molecule has 0 spiro atoms. The number of likely N-dealkylation sites (N-methyl/N-ethyl adjacent to an activating group) is 1. The van der Waals surface area contributed by atoms with Crippen LogP contribution in [0.25, 0.3) is 33.0 Å². The number of carbonyl (C=O) groups excluding carboxylic acids is 2. The van der Waals surface area contributed by atoms with Gasteiger partial charge in [-0.15, -0.1) is 0 Å². The summed E-state index contributed by atoms with van der Waals surface area (Å²) in [6.07, 6.45) is 2.90. The summed E-state index contributed by atoms with van der Waals surface area (Å²) in [7, 11) is 2.09. The highest BCUT2D eigenvalue weighted by Gasteiger charge is 2.35. The van der Waals surface area contributed by atoms with Crippen LogP contribution in [0.15, 0.2) is 66.9 Å². The number of aromatic amines is 1. The maximum absolute atomic E-state index is 13.1. The summed E-state index contributed by atoms with van der Waals surface area (Å²) in [6.45, 7) is 3.42. The van der Waals surface area contributed by atoms with Crippen LogP contribution in [0.2, 0.25) is 0 Å². The number of anilines is 1. The second-order valence-electron chi connectivity index (χ2n) is 9.47. The number of hydrogen-bond donors (Lipinski definition) is 4. The van der Waals surface area contributed by atoms with E-state index in [1.165, 1.54) is 0 Å². The molecule has 12 nitrogen and oxygen atoms in total. The maximum atomic E-state index is 13.1. The molecule has 0 atom stereocenters. The Bertz CT molecular complexity index is 1730. The minimum absolute atomic E-state index is 0.290. The fourth-order valence-electron chi connectivity index (χ4n) is 4.76. The number of nitrogens with zero attached hydrogens (tertiary/aromatic N) is 4. The number of aliphatic carboxylic acids is 2. The molecule has 4 heterocycles. The number of carboxylic acids is 2. The number of aromatic nitrogens is 3. The Kier molecular flexibility index (Phi) is 7.57. The summed E-state index contributed by atoms with van der Waals surface area (Å²) in [6, 6.07) is 15.4. The van der Waals surface area contributed by atoms with Crippen molar-refractivity contribution in [2.24, 2.45) is 0 Å². The molecule has 1 saturated heterocycles. The molecule has 4 N–H and O–H groups in total. The van der Waals surface area contributed by atoms with E-state index < -0.39 is 23.8 Å². The van der Waals surface area contributed by atoms with Crippen LogP contribution in [0.5, 0.6) is 0 Å². The average Bonchev–Trinajstić information content (AvgIpc) is 3.51. The van der Waals surface area contributed by atoms with Gasteiger partial charge in [-0.3, -0.25) is 14.9 Å².